The fraction of sp³-hybridized carbons (Fsp3) is 0.462. The number of hydrogen-bond donors (Lipinski definition) is 0. The second-order valence-electron chi connectivity index (χ2n) is 3.69. The Bertz CT molecular complexity index is 416. The van der Waals surface area contributed by atoms with Crippen molar-refractivity contribution in [3.8, 4) is 11.5 Å². The predicted molar refractivity (Wildman–Crippen MR) is 64.2 cm³/mol. The van der Waals surface area contributed by atoms with Gasteiger partial charge in [-0.05, 0) is 25.1 Å². The van der Waals surface area contributed by atoms with Crippen LogP contribution < -0.4 is 9.47 Å². The van der Waals surface area contributed by atoms with E-state index >= 15 is 0 Å². The van der Waals surface area contributed by atoms with Crippen molar-refractivity contribution in [3.05, 3.63) is 23.8 Å². The summed E-state index contributed by atoms with van der Waals surface area (Å²) in [5, 5.41) is 0. The molecule has 2 rings (SSSR count). The van der Waals surface area contributed by atoms with E-state index in [0.717, 1.165) is 0 Å². The average molecular weight is 252 g/mol. The number of ether oxygens (including phenoxy) is 4. The number of carbonyl (C=O) groups is 1. The van der Waals surface area contributed by atoms with E-state index in [4.69, 9.17) is 18.9 Å². The summed E-state index contributed by atoms with van der Waals surface area (Å²) in [5.74, 6) is 0.805. The maximum atomic E-state index is 11.6. The zero-order valence-corrected chi connectivity index (χ0v) is 10.3. The van der Waals surface area contributed by atoms with Crippen LogP contribution in [-0.4, -0.2) is 39.0 Å². The molecule has 0 radical (unpaired) electrons. The summed E-state index contributed by atoms with van der Waals surface area (Å²) in [4.78, 5) is 11.6. The molecule has 0 bridgehead atoms. The first-order valence-corrected chi connectivity index (χ1v) is 5.96. The molecule has 0 spiro atoms. The Balaban J connectivity index is 2.20. The van der Waals surface area contributed by atoms with Gasteiger partial charge in [-0.15, -0.1) is 0 Å². The third kappa shape index (κ3) is 3.13. The second kappa shape index (κ2) is 6.26. The maximum absolute atomic E-state index is 11.6. The lowest BCUT2D eigenvalue weighted by atomic mass is 10.2. The van der Waals surface area contributed by atoms with Crippen LogP contribution in [0.4, 0.5) is 0 Å². The molecule has 5 nitrogen and oxygen atoms in total. The lowest BCUT2D eigenvalue weighted by Crippen LogP contribution is -2.08. The normalized spacial score (nSPS) is 15.2. The van der Waals surface area contributed by atoms with Crippen LogP contribution in [0.1, 0.15) is 17.3 Å². The van der Waals surface area contributed by atoms with Gasteiger partial charge in [0.2, 0.25) is 0 Å². The molecule has 0 N–H and O–H groups in total. The van der Waals surface area contributed by atoms with Crippen molar-refractivity contribution >= 4 is 5.97 Å². The van der Waals surface area contributed by atoms with Crippen LogP contribution in [-0.2, 0) is 9.47 Å². The first kappa shape index (κ1) is 12.7. The lowest BCUT2D eigenvalue weighted by molar-refractivity contribution is 0.0525. The maximum Gasteiger partial charge on any atom is 0.338 e. The van der Waals surface area contributed by atoms with Crippen molar-refractivity contribution < 1.29 is 23.7 Å². The molecule has 1 aromatic rings. The molecule has 0 atom stereocenters. The number of benzene rings is 1. The van der Waals surface area contributed by atoms with E-state index in [1.807, 2.05) is 0 Å². The van der Waals surface area contributed by atoms with Crippen molar-refractivity contribution in [2.24, 2.45) is 0 Å². The number of rotatable bonds is 2. The smallest absolute Gasteiger partial charge is 0.338 e. The number of carbonyl (C=O) groups excluding carboxylic acids is 1. The van der Waals surface area contributed by atoms with Gasteiger partial charge in [-0.3, -0.25) is 0 Å². The van der Waals surface area contributed by atoms with Crippen LogP contribution in [0.3, 0.4) is 0 Å². The quantitative estimate of drug-likeness (QED) is 0.749. The molecule has 1 heterocycles. The van der Waals surface area contributed by atoms with E-state index in [2.05, 4.69) is 0 Å². The van der Waals surface area contributed by atoms with Crippen LogP contribution >= 0.6 is 0 Å². The van der Waals surface area contributed by atoms with Gasteiger partial charge in [0.1, 0.15) is 13.2 Å². The molecule has 1 aliphatic heterocycles. The minimum absolute atomic E-state index is 0.348. The Morgan fingerprint density at radius 3 is 2.61 bits per heavy atom. The predicted octanol–water partition coefficient (Wildman–Crippen LogP) is 1.65. The van der Waals surface area contributed by atoms with Crippen molar-refractivity contribution in [2.45, 2.75) is 6.92 Å². The Kier molecular flexibility index (Phi) is 4.41. The minimum Gasteiger partial charge on any atom is -0.487 e. The van der Waals surface area contributed by atoms with Gasteiger partial charge in [0.15, 0.2) is 11.5 Å². The van der Waals surface area contributed by atoms with Gasteiger partial charge in [-0.2, -0.15) is 0 Å². The van der Waals surface area contributed by atoms with Crippen molar-refractivity contribution in [1.29, 1.82) is 0 Å². The number of hydrogen-bond acceptors (Lipinski definition) is 5. The average Bonchev–Trinajstić information content (AvgIpc) is 2.49. The van der Waals surface area contributed by atoms with Gasteiger partial charge in [0, 0.05) is 0 Å². The molecule has 1 aliphatic rings. The van der Waals surface area contributed by atoms with E-state index in [-0.39, 0.29) is 5.97 Å². The van der Waals surface area contributed by atoms with Crippen LogP contribution in [0, 0.1) is 0 Å². The topological polar surface area (TPSA) is 54.0 Å². The molecule has 18 heavy (non-hydrogen) atoms. The fourth-order valence-corrected chi connectivity index (χ4v) is 1.60. The summed E-state index contributed by atoms with van der Waals surface area (Å²) in [7, 11) is 0. The minimum atomic E-state index is -0.361. The van der Waals surface area contributed by atoms with E-state index in [1.54, 1.807) is 25.1 Å². The standard InChI is InChI=1S/C13H16O5/c1-2-16-13(14)10-3-4-11-12(9-10)18-8-6-15-5-7-17-11/h3-4,9H,2,5-8H2,1H3. The molecule has 0 unspecified atom stereocenters. The molecule has 0 aliphatic carbocycles. The largest absolute Gasteiger partial charge is 0.487 e. The highest BCUT2D eigenvalue weighted by Gasteiger charge is 2.13. The van der Waals surface area contributed by atoms with Gasteiger partial charge in [-0.25, -0.2) is 4.79 Å². The second-order valence-corrected chi connectivity index (χ2v) is 3.69. The third-order valence-corrected chi connectivity index (χ3v) is 2.43. The molecule has 0 aromatic heterocycles. The molecular formula is C13H16O5. The van der Waals surface area contributed by atoms with E-state index in [1.165, 1.54) is 0 Å². The van der Waals surface area contributed by atoms with Gasteiger partial charge in [0.25, 0.3) is 0 Å². The lowest BCUT2D eigenvalue weighted by Gasteiger charge is -2.11. The van der Waals surface area contributed by atoms with Crippen LogP contribution in [0.2, 0.25) is 0 Å². The fourth-order valence-electron chi connectivity index (χ4n) is 1.60. The highest BCUT2D eigenvalue weighted by atomic mass is 16.6. The van der Waals surface area contributed by atoms with Crippen molar-refractivity contribution in [2.75, 3.05) is 33.0 Å². The molecule has 1 aromatic carbocycles. The SMILES string of the molecule is CCOC(=O)c1ccc2c(c1)OCCOCCO2. The Morgan fingerprint density at radius 2 is 1.89 bits per heavy atom. The van der Waals surface area contributed by atoms with Gasteiger partial charge >= 0.3 is 5.97 Å². The Morgan fingerprint density at radius 1 is 1.17 bits per heavy atom. The summed E-state index contributed by atoms with van der Waals surface area (Å²) >= 11 is 0. The van der Waals surface area contributed by atoms with E-state index in [0.29, 0.717) is 50.1 Å². The zero-order valence-electron chi connectivity index (χ0n) is 10.3. The summed E-state index contributed by atoms with van der Waals surface area (Å²) < 4.78 is 21.2. The monoisotopic (exact) mass is 252 g/mol. The van der Waals surface area contributed by atoms with Crippen molar-refractivity contribution in [1.82, 2.24) is 0 Å². The van der Waals surface area contributed by atoms with Gasteiger partial charge in [-0.1, -0.05) is 0 Å². The molecule has 5 heteroatoms. The Hall–Kier alpha value is -1.75. The summed E-state index contributed by atoms with van der Waals surface area (Å²) in [6.07, 6.45) is 0. The zero-order chi connectivity index (χ0) is 12.8. The Labute approximate surface area is 106 Å². The highest BCUT2D eigenvalue weighted by molar-refractivity contribution is 5.90. The third-order valence-electron chi connectivity index (χ3n) is 2.43. The first-order chi connectivity index (χ1) is 8.81. The molecule has 0 amide bonds. The molecule has 0 saturated heterocycles. The molecule has 0 fully saturated rings. The first-order valence-electron chi connectivity index (χ1n) is 5.96. The molecule has 98 valence electrons. The van der Waals surface area contributed by atoms with Gasteiger partial charge < -0.3 is 18.9 Å². The van der Waals surface area contributed by atoms with Crippen LogP contribution in [0.25, 0.3) is 0 Å². The highest BCUT2D eigenvalue weighted by Crippen LogP contribution is 2.29. The number of fused-ring (bicyclic) bond motifs is 1. The van der Waals surface area contributed by atoms with Gasteiger partial charge in [0.05, 0.1) is 25.4 Å². The summed E-state index contributed by atoms with van der Waals surface area (Å²) in [6, 6.07) is 5.02. The summed E-state index contributed by atoms with van der Waals surface area (Å²) in [6.45, 7) is 4.06. The molecule has 0 saturated carbocycles. The molecular weight excluding hydrogens is 236 g/mol. The van der Waals surface area contributed by atoms with Crippen LogP contribution in [0.15, 0.2) is 18.2 Å². The van der Waals surface area contributed by atoms with E-state index in [9.17, 15) is 4.79 Å². The van der Waals surface area contributed by atoms with Crippen LogP contribution in [0.5, 0.6) is 11.5 Å². The summed E-state index contributed by atoms with van der Waals surface area (Å²) in [5.41, 5.74) is 0.458. The number of esters is 1. The van der Waals surface area contributed by atoms with Crippen molar-refractivity contribution in [3.63, 3.8) is 0 Å². The van der Waals surface area contributed by atoms with E-state index < -0.39 is 0 Å².